The van der Waals surface area contributed by atoms with Gasteiger partial charge in [0.2, 0.25) is 5.91 Å². The molecular weight excluding hydrogens is 564 g/mol. The molecule has 2 atom stereocenters. The fraction of sp³-hybridized carbons (Fsp3) is 0.375. The maximum absolute atomic E-state index is 14.1. The number of likely N-dealkylation sites (tertiary alicyclic amines) is 1. The fourth-order valence-electron chi connectivity index (χ4n) is 5.85. The summed E-state index contributed by atoms with van der Waals surface area (Å²) in [6.07, 6.45) is 2.01. The van der Waals surface area contributed by atoms with Crippen LogP contribution in [0.4, 0.5) is 14.9 Å². The molecule has 0 saturated carbocycles. The third kappa shape index (κ3) is 6.69. The van der Waals surface area contributed by atoms with E-state index in [4.69, 9.17) is 27.9 Å². The van der Waals surface area contributed by atoms with Crippen molar-refractivity contribution >= 4 is 40.9 Å². The van der Waals surface area contributed by atoms with Gasteiger partial charge in [0.25, 0.3) is 0 Å². The number of anilines is 1. The highest BCUT2D eigenvalue weighted by Crippen LogP contribution is 2.44. The van der Waals surface area contributed by atoms with Crippen LogP contribution in [0.1, 0.15) is 60.8 Å². The van der Waals surface area contributed by atoms with Crippen LogP contribution < -0.4 is 10.6 Å². The second-order valence-corrected chi connectivity index (χ2v) is 11.9. The topological polar surface area (TPSA) is 70.7 Å². The molecule has 0 bridgehead atoms. The van der Waals surface area contributed by atoms with Crippen molar-refractivity contribution in [2.24, 2.45) is 0 Å². The van der Waals surface area contributed by atoms with E-state index in [-0.39, 0.29) is 17.8 Å². The average molecular weight is 599 g/mol. The monoisotopic (exact) mass is 597 g/mol. The molecule has 41 heavy (non-hydrogen) atoms. The first-order valence-electron chi connectivity index (χ1n) is 14.0. The van der Waals surface area contributed by atoms with Gasteiger partial charge in [-0.3, -0.25) is 10.1 Å². The minimum absolute atomic E-state index is 0.0611. The van der Waals surface area contributed by atoms with E-state index < -0.39 is 17.6 Å². The van der Waals surface area contributed by atoms with Crippen LogP contribution in [0.3, 0.4) is 0 Å². The summed E-state index contributed by atoms with van der Waals surface area (Å²) in [5, 5.41) is 6.65. The lowest BCUT2D eigenvalue weighted by atomic mass is 9.81. The van der Waals surface area contributed by atoms with Crippen molar-refractivity contribution in [3.05, 3.63) is 98.8 Å². The van der Waals surface area contributed by atoms with Gasteiger partial charge in [0.05, 0.1) is 21.7 Å². The highest BCUT2D eigenvalue weighted by molar-refractivity contribution is 6.42. The zero-order valence-corrected chi connectivity index (χ0v) is 24.7. The molecule has 0 aromatic heterocycles. The van der Waals surface area contributed by atoms with Crippen LogP contribution in [0.2, 0.25) is 10.0 Å². The van der Waals surface area contributed by atoms with Crippen LogP contribution in [-0.2, 0) is 21.7 Å². The Morgan fingerprint density at radius 2 is 1.78 bits per heavy atom. The molecule has 2 unspecified atom stereocenters. The minimum Gasteiger partial charge on any atom is -0.438 e. The molecule has 3 aromatic rings. The number of nitrogens with one attached hydrogen (secondary N) is 2. The van der Waals surface area contributed by atoms with E-state index in [1.165, 1.54) is 17.7 Å². The van der Waals surface area contributed by atoms with Crippen LogP contribution in [0.5, 0.6) is 0 Å². The number of nitrogens with zero attached hydrogens (tertiary/aromatic N) is 1. The number of fused-ring (bicyclic) bond motifs is 2. The van der Waals surface area contributed by atoms with E-state index in [1.54, 1.807) is 18.2 Å². The van der Waals surface area contributed by atoms with Gasteiger partial charge in [0.1, 0.15) is 11.4 Å². The molecule has 6 nitrogen and oxygen atoms in total. The van der Waals surface area contributed by atoms with Crippen LogP contribution >= 0.6 is 23.2 Å². The molecule has 2 amide bonds. The predicted molar refractivity (Wildman–Crippen MR) is 160 cm³/mol. The zero-order chi connectivity index (χ0) is 29.1. The van der Waals surface area contributed by atoms with Crippen molar-refractivity contribution in [2.75, 3.05) is 18.4 Å². The van der Waals surface area contributed by atoms with Crippen LogP contribution in [0, 0.1) is 12.7 Å². The molecule has 3 aromatic carbocycles. The Balaban J connectivity index is 1.25. The molecule has 0 aliphatic carbocycles. The second kappa shape index (κ2) is 12.4. The number of benzene rings is 3. The molecule has 9 heteroatoms. The van der Waals surface area contributed by atoms with Gasteiger partial charge in [0, 0.05) is 44.1 Å². The summed E-state index contributed by atoms with van der Waals surface area (Å²) in [5.41, 5.74) is 3.48. The van der Waals surface area contributed by atoms with Gasteiger partial charge in [0.15, 0.2) is 0 Å². The molecule has 5 rings (SSSR count). The van der Waals surface area contributed by atoms with Crippen molar-refractivity contribution in [3.63, 3.8) is 0 Å². The Morgan fingerprint density at radius 3 is 2.49 bits per heavy atom. The molecule has 2 N–H and O–H groups in total. The summed E-state index contributed by atoms with van der Waals surface area (Å²) >= 11 is 12.5. The van der Waals surface area contributed by atoms with Crippen molar-refractivity contribution < 1.29 is 18.7 Å². The minimum atomic E-state index is -0.839. The smallest absolute Gasteiger partial charge is 0.412 e. The van der Waals surface area contributed by atoms with Gasteiger partial charge in [-0.25, -0.2) is 9.18 Å². The third-order valence-corrected chi connectivity index (χ3v) is 9.09. The van der Waals surface area contributed by atoms with Crippen molar-refractivity contribution in [1.29, 1.82) is 0 Å². The quantitative estimate of drug-likeness (QED) is 0.281. The van der Waals surface area contributed by atoms with E-state index in [0.717, 1.165) is 17.5 Å². The van der Waals surface area contributed by atoms with E-state index in [1.807, 2.05) is 37.3 Å². The first-order valence-corrected chi connectivity index (χ1v) is 14.7. The first-order chi connectivity index (χ1) is 19.6. The number of halogens is 3. The van der Waals surface area contributed by atoms with E-state index in [0.29, 0.717) is 60.2 Å². The Bertz CT molecular complexity index is 1420. The van der Waals surface area contributed by atoms with Gasteiger partial charge in [-0.15, -0.1) is 0 Å². The highest BCUT2D eigenvalue weighted by Gasteiger charge is 2.45. The Kier molecular flexibility index (Phi) is 8.88. The van der Waals surface area contributed by atoms with E-state index in [9.17, 15) is 14.0 Å². The largest absolute Gasteiger partial charge is 0.438 e. The van der Waals surface area contributed by atoms with Crippen LogP contribution in [0.15, 0.2) is 60.7 Å². The number of piperidine rings is 1. The lowest BCUT2D eigenvalue weighted by molar-refractivity contribution is -0.123. The maximum atomic E-state index is 14.1. The Hall–Kier alpha value is -3.13. The number of carbonyl (C=O) groups is 2. The number of carbonyl (C=O) groups excluding carboxylic acids is 2. The number of aryl methyl sites for hydroxylation is 1. The number of amides is 2. The Labute approximate surface area is 250 Å². The summed E-state index contributed by atoms with van der Waals surface area (Å²) in [5.74, 6) is -0.810. The Morgan fingerprint density at radius 1 is 1.05 bits per heavy atom. The van der Waals surface area contributed by atoms with Gasteiger partial charge >= 0.3 is 6.09 Å². The normalized spacial score (nSPS) is 17.7. The van der Waals surface area contributed by atoms with Gasteiger partial charge in [-0.1, -0.05) is 59.1 Å². The van der Waals surface area contributed by atoms with Crippen LogP contribution in [-0.4, -0.2) is 36.0 Å². The number of hydrogen-bond acceptors (Lipinski definition) is 4. The fourth-order valence-corrected chi connectivity index (χ4v) is 6.16. The predicted octanol–water partition coefficient (Wildman–Crippen LogP) is 7.56. The van der Waals surface area contributed by atoms with Gasteiger partial charge in [-0.2, -0.15) is 0 Å². The summed E-state index contributed by atoms with van der Waals surface area (Å²) in [7, 11) is 0. The number of rotatable bonds is 8. The zero-order valence-electron chi connectivity index (χ0n) is 23.2. The molecule has 1 saturated heterocycles. The number of hydrogen-bond donors (Lipinski definition) is 2. The molecule has 216 valence electrons. The molecule has 0 radical (unpaired) electrons. The van der Waals surface area contributed by atoms with E-state index >= 15 is 0 Å². The molecular formula is C32H34Cl2FN3O3. The van der Waals surface area contributed by atoms with Crippen LogP contribution in [0.25, 0.3) is 0 Å². The SMILES string of the molecule is Cc1ccc(CNC(=O)C(CCC(C)N2CCC3(CC2)OC(=O)Nc2ccc(F)cc23)c2ccc(Cl)c(Cl)c2)cc1. The van der Waals surface area contributed by atoms with Gasteiger partial charge in [-0.05, 0) is 68.1 Å². The molecule has 1 spiro atoms. The molecule has 2 aliphatic rings. The first kappa shape index (κ1) is 29.4. The summed E-state index contributed by atoms with van der Waals surface area (Å²) in [6.45, 7) is 5.99. The van der Waals surface area contributed by atoms with Gasteiger partial charge < -0.3 is 15.0 Å². The highest BCUT2D eigenvalue weighted by atomic mass is 35.5. The summed E-state index contributed by atoms with van der Waals surface area (Å²) < 4.78 is 19.9. The maximum Gasteiger partial charge on any atom is 0.412 e. The third-order valence-electron chi connectivity index (χ3n) is 8.35. The van der Waals surface area contributed by atoms with Crippen molar-refractivity contribution in [3.8, 4) is 0 Å². The van der Waals surface area contributed by atoms with Crippen molar-refractivity contribution in [2.45, 2.75) is 63.6 Å². The number of ether oxygens (including phenoxy) is 1. The second-order valence-electron chi connectivity index (χ2n) is 11.1. The molecule has 2 aliphatic heterocycles. The van der Waals surface area contributed by atoms with Crippen molar-refractivity contribution in [1.82, 2.24) is 10.2 Å². The molecule has 2 heterocycles. The van der Waals surface area contributed by atoms with E-state index in [2.05, 4.69) is 22.5 Å². The molecule has 1 fully saturated rings. The standard InChI is InChI=1S/C32H34Cl2FN3O3/c1-20-3-6-22(7-4-20)19-36-30(39)25(23-8-11-27(33)28(34)17-23)10-5-21(2)38-15-13-32(14-16-38)26-18-24(35)9-12-29(26)37-31(40)41-32/h3-4,6-9,11-12,17-18,21,25H,5,10,13-16,19H2,1-2H3,(H,36,39)(H,37,40). The summed E-state index contributed by atoms with van der Waals surface area (Å²) in [4.78, 5) is 28.1. The summed E-state index contributed by atoms with van der Waals surface area (Å²) in [6, 6.07) is 18.0. The average Bonchev–Trinajstić information content (AvgIpc) is 2.95. The lowest BCUT2D eigenvalue weighted by Gasteiger charge is -2.45. The lowest BCUT2D eigenvalue weighted by Crippen LogP contribution is -2.50.